The van der Waals surface area contributed by atoms with Gasteiger partial charge in [0.25, 0.3) is 0 Å². The molecule has 0 atom stereocenters. The lowest BCUT2D eigenvalue weighted by Crippen LogP contribution is -2.00. The van der Waals surface area contributed by atoms with Crippen LogP contribution in [0.4, 0.5) is 0 Å². The van der Waals surface area contributed by atoms with E-state index in [0.717, 1.165) is 19.3 Å². The third kappa shape index (κ3) is 4.34. The molecule has 0 unspecified atom stereocenters. The molecular formula is C14H15ClN2O. The number of nitrogens with zero attached hydrogens (tertiary/aromatic N) is 2. The Balaban J connectivity index is 1.73. The summed E-state index contributed by atoms with van der Waals surface area (Å²) in [6.45, 7) is 0.627. The van der Waals surface area contributed by atoms with E-state index in [2.05, 4.69) is 40.3 Å². The van der Waals surface area contributed by atoms with Gasteiger partial charge in [0.15, 0.2) is 0 Å². The third-order valence-corrected chi connectivity index (χ3v) is 2.69. The van der Waals surface area contributed by atoms with Crippen LogP contribution in [0.1, 0.15) is 19.3 Å². The summed E-state index contributed by atoms with van der Waals surface area (Å²) in [6, 6.07) is 1.71. The molecule has 3 nitrogen and oxygen atoms in total. The van der Waals surface area contributed by atoms with E-state index in [4.69, 9.17) is 16.3 Å². The van der Waals surface area contributed by atoms with Gasteiger partial charge in [0.05, 0.1) is 6.61 Å². The Morgan fingerprint density at radius 2 is 2.28 bits per heavy atom. The van der Waals surface area contributed by atoms with E-state index in [1.807, 2.05) is 0 Å². The Morgan fingerprint density at radius 3 is 3.17 bits per heavy atom. The highest BCUT2D eigenvalue weighted by Gasteiger charge is 1.99. The van der Waals surface area contributed by atoms with E-state index in [-0.39, 0.29) is 5.28 Å². The first-order valence-corrected chi connectivity index (χ1v) is 6.36. The van der Waals surface area contributed by atoms with Crippen molar-refractivity contribution < 1.29 is 4.74 Å². The highest BCUT2D eigenvalue weighted by atomic mass is 35.5. The molecule has 18 heavy (non-hydrogen) atoms. The molecule has 94 valence electrons. The number of halogens is 1. The highest BCUT2D eigenvalue weighted by molar-refractivity contribution is 6.28. The van der Waals surface area contributed by atoms with Crippen molar-refractivity contribution >= 4 is 11.6 Å². The van der Waals surface area contributed by atoms with Crippen molar-refractivity contribution in [2.45, 2.75) is 19.3 Å². The van der Waals surface area contributed by atoms with Crippen LogP contribution < -0.4 is 4.74 Å². The number of hydrogen-bond donors (Lipinski definition) is 0. The van der Waals surface area contributed by atoms with E-state index in [9.17, 15) is 0 Å². The summed E-state index contributed by atoms with van der Waals surface area (Å²) in [5.41, 5.74) is 1.33. The second-order valence-corrected chi connectivity index (χ2v) is 4.26. The van der Waals surface area contributed by atoms with Gasteiger partial charge >= 0.3 is 0 Å². The minimum absolute atomic E-state index is 0.215. The molecule has 0 saturated heterocycles. The third-order valence-electron chi connectivity index (χ3n) is 2.51. The van der Waals surface area contributed by atoms with Crippen LogP contribution in [0.3, 0.4) is 0 Å². The number of hydrogen-bond acceptors (Lipinski definition) is 3. The van der Waals surface area contributed by atoms with E-state index in [1.54, 1.807) is 12.3 Å². The Kier molecular flexibility index (Phi) is 4.97. The summed E-state index contributed by atoms with van der Waals surface area (Å²) in [6.07, 6.45) is 15.3. The normalized spacial score (nSPS) is 14.2. The van der Waals surface area contributed by atoms with Gasteiger partial charge in [-0.3, -0.25) is 0 Å². The minimum atomic E-state index is 0.215. The fourth-order valence-electron chi connectivity index (χ4n) is 1.64. The smallest absolute Gasteiger partial charge is 0.225 e. The van der Waals surface area contributed by atoms with Crippen LogP contribution >= 0.6 is 11.6 Å². The molecule has 1 aromatic rings. The average molecular weight is 263 g/mol. The maximum absolute atomic E-state index is 5.67. The molecule has 1 aromatic heterocycles. The average Bonchev–Trinajstić information content (AvgIpc) is 2.63. The van der Waals surface area contributed by atoms with Crippen LogP contribution in [0.15, 0.2) is 48.2 Å². The van der Waals surface area contributed by atoms with Gasteiger partial charge in [0.2, 0.25) is 11.2 Å². The number of ether oxygens (including phenoxy) is 1. The highest BCUT2D eigenvalue weighted by Crippen LogP contribution is 2.13. The largest absolute Gasteiger partial charge is 0.478 e. The maximum atomic E-state index is 5.67. The monoisotopic (exact) mass is 262 g/mol. The first-order valence-electron chi connectivity index (χ1n) is 5.98. The molecule has 1 heterocycles. The fraction of sp³-hybridized carbons (Fsp3) is 0.286. The predicted octanol–water partition coefficient (Wildman–Crippen LogP) is 3.73. The van der Waals surface area contributed by atoms with Crippen LogP contribution in [-0.4, -0.2) is 16.6 Å². The molecule has 0 spiro atoms. The van der Waals surface area contributed by atoms with Gasteiger partial charge in [0.1, 0.15) is 0 Å². The van der Waals surface area contributed by atoms with Gasteiger partial charge in [-0.2, -0.15) is 4.98 Å². The number of rotatable bonds is 5. The van der Waals surface area contributed by atoms with Crippen LogP contribution in [0.25, 0.3) is 0 Å². The Morgan fingerprint density at radius 1 is 1.33 bits per heavy atom. The lowest BCUT2D eigenvalue weighted by molar-refractivity contribution is 0.299. The number of allylic oxidation sites excluding steroid dienone is 6. The quantitative estimate of drug-likeness (QED) is 0.599. The molecule has 1 aliphatic rings. The van der Waals surface area contributed by atoms with Gasteiger partial charge in [0, 0.05) is 12.3 Å². The summed E-state index contributed by atoms with van der Waals surface area (Å²) in [5.74, 6) is 0.528. The van der Waals surface area contributed by atoms with E-state index < -0.39 is 0 Å². The molecular weight excluding hydrogens is 248 g/mol. The molecule has 0 fully saturated rings. The zero-order valence-corrected chi connectivity index (χ0v) is 10.8. The van der Waals surface area contributed by atoms with E-state index >= 15 is 0 Å². The zero-order chi connectivity index (χ0) is 12.6. The van der Waals surface area contributed by atoms with Crippen LogP contribution in [0.5, 0.6) is 5.88 Å². The number of aromatic nitrogens is 2. The first kappa shape index (κ1) is 12.8. The second kappa shape index (κ2) is 6.97. The molecule has 0 amide bonds. The fourth-order valence-corrected chi connectivity index (χ4v) is 1.78. The lowest BCUT2D eigenvalue weighted by atomic mass is 10.1. The zero-order valence-electron chi connectivity index (χ0n) is 10.1. The van der Waals surface area contributed by atoms with Crippen molar-refractivity contribution in [2.24, 2.45) is 0 Å². The SMILES string of the molecule is Clc1nccc(OCCCC2=CC=CCC=C2)n1. The predicted molar refractivity (Wildman–Crippen MR) is 72.8 cm³/mol. The Hall–Kier alpha value is -1.61. The molecule has 0 radical (unpaired) electrons. The molecule has 0 saturated carbocycles. The van der Waals surface area contributed by atoms with Crippen LogP contribution in [-0.2, 0) is 0 Å². The van der Waals surface area contributed by atoms with Gasteiger partial charge in [-0.05, 0) is 36.4 Å². The summed E-state index contributed by atoms with van der Waals surface area (Å²) in [4.78, 5) is 7.77. The van der Waals surface area contributed by atoms with Gasteiger partial charge in [-0.15, -0.1) is 0 Å². The lowest BCUT2D eigenvalue weighted by Gasteiger charge is -2.05. The Bertz CT molecular complexity index is 480. The standard InChI is InChI=1S/C14H15ClN2O/c15-14-16-10-9-13(17-14)18-11-5-8-12-6-3-1-2-4-7-12/h1,3-4,6-7,9-10H,2,5,8,11H2. The molecule has 4 heteroatoms. The second-order valence-electron chi connectivity index (χ2n) is 3.92. The first-order chi connectivity index (χ1) is 8.84. The maximum Gasteiger partial charge on any atom is 0.225 e. The molecule has 1 aliphatic carbocycles. The van der Waals surface area contributed by atoms with Crippen molar-refractivity contribution in [1.82, 2.24) is 9.97 Å². The summed E-state index contributed by atoms with van der Waals surface area (Å²) < 4.78 is 5.50. The minimum Gasteiger partial charge on any atom is -0.478 e. The van der Waals surface area contributed by atoms with Gasteiger partial charge in [-0.25, -0.2) is 4.98 Å². The molecule has 0 bridgehead atoms. The molecule has 2 rings (SSSR count). The van der Waals surface area contributed by atoms with E-state index in [0.29, 0.717) is 12.5 Å². The molecule has 0 aliphatic heterocycles. The summed E-state index contributed by atoms with van der Waals surface area (Å²) >= 11 is 5.67. The molecule has 0 N–H and O–H groups in total. The van der Waals surface area contributed by atoms with Crippen molar-refractivity contribution in [1.29, 1.82) is 0 Å². The Labute approximate surface area is 112 Å². The molecule has 0 aromatic carbocycles. The summed E-state index contributed by atoms with van der Waals surface area (Å²) in [5, 5.41) is 0.215. The van der Waals surface area contributed by atoms with Gasteiger partial charge in [-0.1, -0.05) is 30.4 Å². The van der Waals surface area contributed by atoms with Crippen molar-refractivity contribution in [2.75, 3.05) is 6.61 Å². The topological polar surface area (TPSA) is 35.0 Å². The van der Waals surface area contributed by atoms with Crippen LogP contribution in [0, 0.1) is 0 Å². The van der Waals surface area contributed by atoms with Crippen molar-refractivity contribution in [3.8, 4) is 5.88 Å². The van der Waals surface area contributed by atoms with Crippen molar-refractivity contribution in [3.05, 3.63) is 53.5 Å². The van der Waals surface area contributed by atoms with Gasteiger partial charge < -0.3 is 4.74 Å². The van der Waals surface area contributed by atoms with E-state index in [1.165, 1.54) is 5.57 Å². The van der Waals surface area contributed by atoms with Crippen LogP contribution in [0.2, 0.25) is 5.28 Å². The van der Waals surface area contributed by atoms with Crippen molar-refractivity contribution in [3.63, 3.8) is 0 Å². The summed E-state index contributed by atoms with van der Waals surface area (Å²) in [7, 11) is 0.